The Labute approximate surface area is 203 Å². The molecule has 0 bridgehead atoms. The van der Waals surface area contributed by atoms with Crippen molar-refractivity contribution in [2.24, 2.45) is 0 Å². The van der Waals surface area contributed by atoms with Gasteiger partial charge in [0.15, 0.2) is 0 Å². The lowest BCUT2D eigenvalue weighted by molar-refractivity contribution is 0.140. The number of aromatic nitrogens is 1. The standard InChI is InChI=1S/C24H26ClN5O2S/c1-15-11-22-21(14-19(15)27(4)5)28(6)20-13-17(26(2)3)7-8-18(20)30(22)24(31)32-29-10-9-16(25)12-23(29)33/h7-14H,1-6H3. The van der Waals surface area contributed by atoms with E-state index in [1.54, 1.807) is 17.0 Å². The smallest absolute Gasteiger partial charge is 0.378 e. The predicted molar refractivity (Wildman–Crippen MR) is 139 cm³/mol. The van der Waals surface area contributed by atoms with Crippen molar-refractivity contribution in [2.75, 3.05) is 54.8 Å². The van der Waals surface area contributed by atoms with Crippen LogP contribution < -0.4 is 24.4 Å². The Morgan fingerprint density at radius 1 is 0.939 bits per heavy atom. The lowest BCUT2D eigenvalue weighted by Gasteiger charge is -2.38. The van der Waals surface area contributed by atoms with Crippen LogP contribution >= 0.6 is 23.8 Å². The molecule has 0 saturated heterocycles. The normalized spacial score (nSPS) is 12.2. The summed E-state index contributed by atoms with van der Waals surface area (Å²) in [6.45, 7) is 2.03. The van der Waals surface area contributed by atoms with Crippen molar-refractivity contribution in [1.82, 2.24) is 4.73 Å². The molecule has 33 heavy (non-hydrogen) atoms. The summed E-state index contributed by atoms with van der Waals surface area (Å²) in [6, 6.07) is 13.2. The van der Waals surface area contributed by atoms with Crippen LogP contribution in [0.1, 0.15) is 5.56 Å². The average Bonchev–Trinajstić information content (AvgIpc) is 2.75. The summed E-state index contributed by atoms with van der Waals surface area (Å²) < 4.78 is 1.55. The summed E-state index contributed by atoms with van der Waals surface area (Å²) in [5.41, 5.74) is 6.37. The van der Waals surface area contributed by atoms with Gasteiger partial charge < -0.3 is 19.5 Å². The average molecular weight is 484 g/mol. The minimum Gasteiger partial charge on any atom is -0.378 e. The molecule has 0 spiro atoms. The molecule has 0 aliphatic carbocycles. The Kier molecular flexibility index (Phi) is 5.99. The van der Waals surface area contributed by atoms with Crippen molar-refractivity contribution in [1.29, 1.82) is 0 Å². The molecule has 1 amide bonds. The van der Waals surface area contributed by atoms with Crippen LogP contribution in [0.3, 0.4) is 0 Å². The van der Waals surface area contributed by atoms with Gasteiger partial charge in [-0.1, -0.05) is 23.8 Å². The number of hydrogen-bond acceptors (Lipinski definition) is 6. The van der Waals surface area contributed by atoms with E-state index in [-0.39, 0.29) is 0 Å². The molecule has 0 N–H and O–H groups in total. The molecule has 0 unspecified atom stereocenters. The summed E-state index contributed by atoms with van der Waals surface area (Å²) in [6.07, 6.45) is 0.967. The van der Waals surface area contributed by atoms with E-state index < -0.39 is 6.09 Å². The number of aryl methyl sites for hydroxylation is 1. The number of anilines is 6. The fourth-order valence-corrected chi connectivity index (χ4v) is 4.40. The number of carbonyl (C=O) groups is 1. The number of fused-ring (bicyclic) bond motifs is 2. The molecule has 7 nitrogen and oxygen atoms in total. The minimum atomic E-state index is -0.571. The number of halogens is 1. The number of benzene rings is 2. The summed E-state index contributed by atoms with van der Waals surface area (Å²) in [5.74, 6) is 0. The first-order chi connectivity index (χ1) is 15.6. The summed E-state index contributed by atoms with van der Waals surface area (Å²) in [7, 11) is 9.98. The van der Waals surface area contributed by atoms with Crippen LogP contribution in [0.2, 0.25) is 5.02 Å². The molecule has 4 rings (SSSR count). The fraction of sp³-hybridized carbons (Fsp3) is 0.250. The van der Waals surface area contributed by atoms with Crippen molar-refractivity contribution in [3.8, 4) is 0 Å². The van der Waals surface area contributed by atoms with Crippen molar-refractivity contribution in [2.45, 2.75) is 6.92 Å². The van der Waals surface area contributed by atoms with Gasteiger partial charge in [0.1, 0.15) is 4.64 Å². The third kappa shape index (κ3) is 4.12. The van der Waals surface area contributed by atoms with Crippen LogP contribution in [0, 0.1) is 11.6 Å². The van der Waals surface area contributed by atoms with E-state index in [4.69, 9.17) is 28.7 Å². The maximum absolute atomic E-state index is 13.5. The van der Waals surface area contributed by atoms with E-state index in [2.05, 4.69) is 21.9 Å². The highest BCUT2D eigenvalue weighted by atomic mass is 35.5. The molecule has 1 aromatic heterocycles. The van der Waals surface area contributed by atoms with Crippen molar-refractivity contribution >= 4 is 64.0 Å². The molecule has 0 fully saturated rings. The highest BCUT2D eigenvalue weighted by Gasteiger charge is 2.33. The molecule has 2 aromatic carbocycles. The van der Waals surface area contributed by atoms with Gasteiger partial charge >= 0.3 is 6.09 Å². The van der Waals surface area contributed by atoms with E-state index in [1.807, 2.05) is 65.3 Å². The molecular formula is C24H26ClN5O2S. The molecule has 9 heteroatoms. The highest BCUT2D eigenvalue weighted by Crippen LogP contribution is 2.50. The Morgan fingerprint density at radius 2 is 1.64 bits per heavy atom. The van der Waals surface area contributed by atoms with Crippen LogP contribution in [-0.2, 0) is 0 Å². The van der Waals surface area contributed by atoms with Crippen molar-refractivity contribution in [3.63, 3.8) is 0 Å². The summed E-state index contributed by atoms with van der Waals surface area (Å²) >= 11 is 11.3. The number of nitrogens with zero attached hydrogens (tertiary/aromatic N) is 5. The Morgan fingerprint density at radius 3 is 2.27 bits per heavy atom. The first kappa shape index (κ1) is 22.9. The SMILES string of the molecule is Cc1cc2c(cc1N(C)C)N(C)c1cc(N(C)C)ccc1N2C(=O)On1ccc(Cl)cc1=S. The molecule has 1 aliphatic rings. The molecule has 172 valence electrons. The molecule has 1 aliphatic heterocycles. The van der Waals surface area contributed by atoms with E-state index in [0.717, 1.165) is 39.7 Å². The highest BCUT2D eigenvalue weighted by molar-refractivity contribution is 7.71. The second-order valence-electron chi connectivity index (χ2n) is 8.35. The van der Waals surface area contributed by atoms with Gasteiger partial charge in [-0.25, -0.2) is 9.69 Å². The van der Waals surface area contributed by atoms with Gasteiger partial charge in [-0.15, -0.1) is 0 Å². The van der Waals surface area contributed by atoms with Gasteiger partial charge in [0.05, 0.1) is 22.7 Å². The Balaban J connectivity index is 1.89. The third-order valence-electron chi connectivity index (χ3n) is 5.66. The number of pyridine rings is 1. The quantitative estimate of drug-likeness (QED) is 0.440. The van der Waals surface area contributed by atoms with Gasteiger partial charge in [-0.2, -0.15) is 4.73 Å². The van der Waals surface area contributed by atoms with Crippen LogP contribution in [0.15, 0.2) is 48.7 Å². The first-order valence-corrected chi connectivity index (χ1v) is 11.1. The van der Waals surface area contributed by atoms with Crippen LogP contribution in [0.5, 0.6) is 0 Å². The zero-order chi connectivity index (χ0) is 24.0. The van der Waals surface area contributed by atoms with Crippen LogP contribution in [-0.4, -0.2) is 46.1 Å². The Bertz CT molecular complexity index is 1300. The largest absolute Gasteiger partial charge is 0.443 e. The summed E-state index contributed by atoms with van der Waals surface area (Å²) in [4.78, 5) is 27.0. The molecule has 0 radical (unpaired) electrons. The fourth-order valence-electron chi connectivity index (χ4n) is 3.95. The zero-order valence-corrected chi connectivity index (χ0v) is 21.0. The predicted octanol–water partition coefficient (Wildman–Crippen LogP) is 5.78. The van der Waals surface area contributed by atoms with Gasteiger partial charge in [0.2, 0.25) is 0 Å². The maximum Gasteiger partial charge on any atom is 0.443 e. The maximum atomic E-state index is 13.5. The van der Waals surface area contributed by atoms with Gasteiger partial charge in [0, 0.05) is 57.8 Å². The van der Waals surface area contributed by atoms with Gasteiger partial charge in [-0.05, 0) is 55.0 Å². The molecule has 3 aromatic rings. The van der Waals surface area contributed by atoms with E-state index >= 15 is 0 Å². The second-order valence-corrected chi connectivity index (χ2v) is 9.20. The topological polar surface area (TPSA) is 44.2 Å². The molecule has 2 heterocycles. The molecular weight excluding hydrogens is 458 g/mol. The first-order valence-electron chi connectivity index (χ1n) is 10.4. The van der Waals surface area contributed by atoms with E-state index in [9.17, 15) is 4.79 Å². The van der Waals surface area contributed by atoms with Crippen LogP contribution in [0.4, 0.5) is 38.9 Å². The lowest BCUT2D eigenvalue weighted by Crippen LogP contribution is -2.38. The van der Waals surface area contributed by atoms with Gasteiger partial charge in [-0.3, -0.25) is 0 Å². The zero-order valence-electron chi connectivity index (χ0n) is 19.5. The molecule has 0 saturated carbocycles. The number of amides is 1. The third-order valence-corrected chi connectivity index (χ3v) is 6.19. The number of rotatable bonds is 3. The molecule has 0 atom stereocenters. The number of carbonyl (C=O) groups excluding carboxylic acids is 1. The monoisotopic (exact) mass is 483 g/mol. The Hall–Kier alpha value is -3.23. The summed E-state index contributed by atoms with van der Waals surface area (Å²) in [5, 5.41) is 0.477. The lowest BCUT2D eigenvalue weighted by atomic mass is 10.0. The minimum absolute atomic E-state index is 0.299. The van der Waals surface area contributed by atoms with Crippen molar-refractivity contribution in [3.05, 3.63) is 63.9 Å². The number of hydrogen-bond donors (Lipinski definition) is 0. The van der Waals surface area contributed by atoms with Crippen molar-refractivity contribution < 1.29 is 9.63 Å². The van der Waals surface area contributed by atoms with E-state index in [1.165, 1.54) is 10.9 Å². The second kappa shape index (κ2) is 8.61. The van der Waals surface area contributed by atoms with E-state index in [0.29, 0.717) is 9.66 Å². The van der Waals surface area contributed by atoms with Crippen LogP contribution in [0.25, 0.3) is 0 Å². The van der Waals surface area contributed by atoms with Gasteiger partial charge in [0.25, 0.3) is 0 Å².